The zero-order valence-electron chi connectivity index (χ0n) is 15.8. The zero-order valence-corrected chi connectivity index (χ0v) is 16.5. The normalized spacial score (nSPS) is 14.3. The maximum absolute atomic E-state index is 6.42. The molecule has 0 atom stereocenters. The second-order valence-corrected chi connectivity index (χ2v) is 7.46. The van der Waals surface area contributed by atoms with Crippen molar-refractivity contribution in [2.24, 2.45) is 0 Å². The van der Waals surface area contributed by atoms with Crippen molar-refractivity contribution < 1.29 is 0 Å². The summed E-state index contributed by atoms with van der Waals surface area (Å²) in [7, 11) is 0. The number of hydrogen-bond donors (Lipinski definition) is 2. The third-order valence-electron chi connectivity index (χ3n) is 5.08. The van der Waals surface area contributed by atoms with Gasteiger partial charge in [0, 0.05) is 24.0 Å². The van der Waals surface area contributed by atoms with Crippen LogP contribution in [0.3, 0.4) is 0 Å². The van der Waals surface area contributed by atoms with Gasteiger partial charge in [-0.1, -0.05) is 35.9 Å². The molecule has 8 heteroatoms. The number of halogens is 1. The predicted octanol–water partition coefficient (Wildman–Crippen LogP) is 4.80. The number of hydrogen-bond acceptors (Lipinski definition) is 6. The molecule has 4 aromatic rings. The van der Waals surface area contributed by atoms with Crippen LogP contribution in [-0.2, 0) is 0 Å². The zero-order chi connectivity index (χ0) is 19.6. The van der Waals surface area contributed by atoms with Crippen molar-refractivity contribution in [1.29, 1.82) is 0 Å². The fourth-order valence-corrected chi connectivity index (χ4v) is 3.80. The number of piperidine rings is 1. The first-order chi connectivity index (χ1) is 14.3. The van der Waals surface area contributed by atoms with E-state index in [2.05, 4.69) is 30.4 Å². The predicted molar refractivity (Wildman–Crippen MR) is 116 cm³/mol. The summed E-state index contributed by atoms with van der Waals surface area (Å²) in [4.78, 5) is 16.3. The molecule has 0 aliphatic carbocycles. The molecule has 1 aliphatic rings. The van der Waals surface area contributed by atoms with Crippen molar-refractivity contribution in [2.75, 3.05) is 23.3 Å². The summed E-state index contributed by atoms with van der Waals surface area (Å²) in [5.41, 5.74) is 1.73. The standard InChI is InChI=1S/C21H20ClN7/c22-16-10-4-2-8-14(16)18-23-20(26-21(25-18)29-12-6-1-7-13-29)24-19-15-9-3-5-11-17(15)27-28-19/h2-5,8-11H,1,6-7,12-13H2,(H2,23,24,25,26,27,28). The van der Waals surface area contributed by atoms with Gasteiger partial charge in [-0.3, -0.25) is 5.10 Å². The number of nitrogens with one attached hydrogen (secondary N) is 2. The molecule has 0 unspecified atom stereocenters. The molecule has 1 aliphatic heterocycles. The molecule has 1 saturated heterocycles. The van der Waals surface area contributed by atoms with E-state index < -0.39 is 0 Å². The van der Waals surface area contributed by atoms with Crippen molar-refractivity contribution in [3.63, 3.8) is 0 Å². The number of aromatic nitrogens is 5. The Bertz CT molecular complexity index is 1150. The minimum atomic E-state index is 0.452. The fourth-order valence-electron chi connectivity index (χ4n) is 3.58. The highest BCUT2D eigenvalue weighted by atomic mass is 35.5. The van der Waals surface area contributed by atoms with Crippen LogP contribution in [0.5, 0.6) is 0 Å². The van der Waals surface area contributed by atoms with Crippen molar-refractivity contribution in [2.45, 2.75) is 19.3 Å². The van der Waals surface area contributed by atoms with E-state index in [0.717, 1.165) is 42.4 Å². The molecule has 0 saturated carbocycles. The van der Waals surface area contributed by atoms with Gasteiger partial charge in [0.2, 0.25) is 11.9 Å². The number of para-hydroxylation sites is 1. The lowest BCUT2D eigenvalue weighted by Gasteiger charge is -2.27. The number of benzene rings is 2. The molecule has 5 rings (SSSR count). The van der Waals surface area contributed by atoms with Gasteiger partial charge in [0.15, 0.2) is 11.6 Å². The van der Waals surface area contributed by atoms with Gasteiger partial charge in [-0.15, -0.1) is 0 Å². The van der Waals surface area contributed by atoms with Crippen LogP contribution in [0.2, 0.25) is 5.02 Å². The second-order valence-electron chi connectivity index (χ2n) is 7.05. The van der Waals surface area contributed by atoms with Gasteiger partial charge < -0.3 is 10.2 Å². The molecule has 0 amide bonds. The van der Waals surface area contributed by atoms with E-state index in [1.807, 2.05) is 48.5 Å². The van der Waals surface area contributed by atoms with Crippen LogP contribution in [-0.4, -0.2) is 38.2 Å². The fraction of sp³-hybridized carbons (Fsp3) is 0.238. The highest BCUT2D eigenvalue weighted by molar-refractivity contribution is 6.33. The lowest BCUT2D eigenvalue weighted by atomic mass is 10.1. The van der Waals surface area contributed by atoms with Crippen LogP contribution in [0.4, 0.5) is 17.7 Å². The molecule has 0 bridgehead atoms. The summed E-state index contributed by atoms with van der Waals surface area (Å²) in [6.45, 7) is 1.88. The quantitative estimate of drug-likeness (QED) is 0.507. The van der Waals surface area contributed by atoms with Gasteiger partial charge in [0.25, 0.3) is 0 Å². The summed E-state index contributed by atoms with van der Waals surface area (Å²) in [6.07, 6.45) is 3.52. The summed E-state index contributed by atoms with van der Waals surface area (Å²) in [5.74, 6) is 2.35. The Morgan fingerprint density at radius 1 is 0.897 bits per heavy atom. The average Bonchev–Trinajstić information content (AvgIpc) is 3.17. The van der Waals surface area contributed by atoms with Crippen LogP contribution in [0, 0.1) is 0 Å². The van der Waals surface area contributed by atoms with Gasteiger partial charge >= 0.3 is 0 Å². The first-order valence-electron chi connectivity index (χ1n) is 9.74. The van der Waals surface area contributed by atoms with Gasteiger partial charge in [0.05, 0.1) is 10.5 Å². The molecule has 146 valence electrons. The largest absolute Gasteiger partial charge is 0.341 e. The number of fused-ring (bicyclic) bond motifs is 1. The van der Waals surface area contributed by atoms with E-state index in [9.17, 15) is 0 Å². The first kappa shape index (κ1) is 17.9. The van der Waals surface area contributed by atoms with Gasteiger partial charge in [-0.2, -0.15) is 20.1 Å². The average molecular weight is 406 g/mol. The van der Waals surface area contributed by atoms with Gasteiger partial charge in [0.1, 0.15) is 0 Å². The lowest BCUT2D eigenvalue weighted by molar-refractivity contribution is 0.568. The Morgan fingerprint density at radius 3 is 2.55 bits per heavy atom. The first-order valence-corrected chi connectivity index (χ1v) is 10.1. The molecule has 2 N–H and O–H groups in total. The van der Waals surface area contributed by atoms with E-state index in [1.165, 1.54) is 6.42 Å². The molecule has 1 fully saturated rings. The van der Waals surface area contributed by atoms with Crippen LogP contribution in [0.25, 0.3) is 22.3 Å². The molecule has 0 radical (unpaired) electrons. The maximum atomic E-state index is 6.42. The molecular weight excluding hydrogens is 386 g/mol. The minimum Gasteiger partial charge on any atom is -0.341 e. The summed E-state index contributed by atoms with van der Waals surface area (Å²) >= 11 is 6.42. The Morgan fingerprint density at radius 2 is 1.69 bits per heavy atom. The lowest BCUT2D eigenvalue weighted by Crippen LogP contribution is -2.31. The Kier molecular flexibility index (Phi) is 4.73. The maximum Gasteiger partial charge on any atom is 0.233 e. The number of aromatic amines is 1. The SMILES string of the molecule is Clc1ccccc1-c1nc(Nc2n[nH]c3ccccc23)nc(N2CCCCC2)n1. The highest BCUT2D eigenvalue weighted by Gasteiger charge is 2.18. The van der Waals surface area contributed by atoms with Gasteiger partial charge in [-0.05, 0) is 43.5 Å². The van der Waals surface area contributed by atoms with Gasteiger partial charge in [-0.25, -0.2) is 0 Å². The molecule has 3 heterocycles. The summed E-state index contributed by atoms with van der Waals surface area (Å²) < 4.78 is 0. The molecule has 29 heavy (non-hydrogen) atoms. The highest BCUT2D eigenvalue weighted by Crippen LogP contribution is 2.29. The molecule has 7 nitrogen and oxygen atoms in total. The van der Waals surface area contributed by atoms with Crippen LogP contribution < -0.4 is 10.2 Å². The van der Waals surface area contributed by atoms with Crippen molar-refractivity contribution in [3.05, 3.63) is 53.6 Å². The number of nitrogens with zero attached hydrogens (tertiary/aromatic N) is 5. The molecular formula is C21H20ClN7. The summed E-state index contributed by atoms with van der Waals surface area (Å²) in [5, 5.41) is 12.3. The van der Waals surface area contributed by atoms with Crippen molar-refractivity contribution >= 4 is 40.2 Å². The van der Waals surface area contributed by atoms with Crippen molar-refractivity contribution in [3.8, 4) is 11.4 Å². The van der Waals surface area contributed by atoms with Crippen molar-refractivity contribution in [1.82, 2.24) is 25.1 Å². The third-order valence-corrected chi connectivity index (χ3v) is 5.41. The molecule has 0 spiro atoms. The molecule has 2 aromatic carbocycles. The minimum absolute atomic E-state index is 0.452. The monoisotopic (exact) mass is 405 g/mol. The van der Waals surface area contributed by atoms with Crippen LogP contribution in [0.1, 0.15) is 19.3 Å². The Labute approximate surface area is 173 Å². The Hall–Kier alpha value is -3.19. The van der Waals surface area contributed by atoms with Crippen LogP contribution >= 0.6 is 11.6 Å². The van der Waals surface area contributed by atoms with E-state index in [4.69, 9.17) is 16.6 Å². The van der Waals surface area contributed by atoms with E-state index >= 15 is 0 Å². The Balaban J connectivity index is 1.58. The number of H-pyrrole nitrogens is 1. The molecule has 2 aromatic heterocycles. The topological polar surface area (TPSA) is 82.6 Å². The smallest absolute Gasteiger partial charge is 0.233 e. The van der Waals surface area contributed by atoms with E-state index in [0.29, 0.717) is 28.6 Å². The second kappa shape index (κ2) is 7.67. The van der Waals surface area contributed by atoms with E-state index in [-0.39, 0.29) is 0 Å². The number of anilines is 3. The summed E-state index contributed by atoms with van der Waals surface area (Å²) in [6, 6.07) is 15.5. The van der Waals surface area contributed by atoms with Crippen LogP contribution in [0.15, 0.2) is 48.5 Å². The van der Waals surface area contributed by atoms with E-state index in [1.54, 1.807) is 0 Å². The third kappa shape index (κ3) is 3.61. The number of rotatable bonds is 4.